The molecule has 0 radical (unpaired) electrons. The van der Waals surface area contributed by atoms with Crippen LogP contribution >= 0.6 is 15.9 Å². The van der Waals surface area contributed by atoms with Crippen molar-refractivity contribution in [3.05, 3.63) is 52.3 Å². The molecule has 1 atom stereocenters. The van der Waals surface area contributed by atoms with Crippen LogP contribution in [0, 0.1) is 5.92 Å². The number of benzene rings is 1. The van der Waals surface area contributed by atoms with Crippen LogP contribution in [0.4, 0.5) is 0 Å². The summed E-state index contributed by atoms with van der Waals surface area (Å²) in [4.78, 5) is 4.55. The molecule has 0 saturated heterocycles. The number of rotatable bonds is 11. The van der Waals surface area contributed by atoms with E-state index in [1.54, 1.807) is 6.20 Å². The predicted octanol–water partition coefficient (Wildman–Crippen LogP) is 7.46. The fourth-order valence-corrected chi connectivity index (χ4v) is 10.6. The molecule has 1 fully saturated rings. The summed E-state index contributed by atoms with van der Waals surface area (Å²) in [5.41, 5.74) is 3.19. The van der Waals surface area contributed by atoms with Crippen molar-refractivity contribution >= 4 is 24.2 Å². The number of aliphatic hydroxyl groups is 1. The van der Waals surface area contributed by atoms with Gasteiger partial charge in [-0.1, -0.05) is 63.5 Å². The van der Waals surface area contributed by atoms with Crippen LogP contribution in [0.1, 0.15) is 71.7 Å². The van der Waals surface area contributed by atoms with Gasteiger partial charge in [0.1, 0.15) is 11.5 Å². The minimum absolute atomic E-state index is 0.485. The van der Waals surface area contributed by atoms with E-state index in [1.165, 1.54) is 12.8 Å². The number of hydrogen-bond acceptors (Lipinski definition) is 4. The van der Waals surface area contributed by atoms with Gasteiger partial charge in [0, 0.05) is 10.9 Å². The maximum Gasteiger partial charge on any atom is 0.258 e. The van der Waals surface area contributed by atoms with Crippen LogP contribution in [-0.2, 0) is 6.42 Å². The highest BCUT2D eigenvalue weighted by molar-refractivity contribution is 9.10. The van der Waals surface area contributed by atoms with Gasteiger partial charge >= 0.3 is 0 Å². The van der Waals surface area contributed by atoms with Crippen LogP contribution in [-0.4, -0.2) is 25.0 Å². The van der Waals surface area contributed by atoms with Crippen molar-refractivity contribution in [1.29, 1.82) is 0 Å². The van der Waals surface area contributed by atoms with Gasteiger partial charge in [-0.3, -0.25) is 4.98 Å². The van der Waals surface area contributed by atoms with Gasteiger partial charge in [-0.2, -0.15) is 0 Å². The van der Waals surface area contributed by atoms with E-state index in [4.69, 9.17) is 9.16 Å². The monoisotopic (exact) mass is 519 g/mol. The Morgan fingerprint density at radius 2 is 1.62 bits per heavy atom. The van der Waals surface area contributed by atoms with Crippen LogP contribution in [0.5, 0.6) is 11.5 Å². The molecule has 1 aromatic heterocycles. The lowest BCUT2D eigenvalue weighted by molar-refractivity contribution is 0.173. The molecular formula is C26H38BrNO3Si. The zero-order valence-electron chi connectivity index (χ0n) is 20.3. The number of aliphatic hydroxyl groups excluding tert-OH is 1. The van der Waals surface area contributed by atoms with E-state index in [0.717, 1.165) is 34.1 Å². The summed E-state index contributed by atoms with van der Waals surface area (Å²) in [5.74, 6) is 2.40. The second kappa shape index (κ2) is 10.7. The van der Waals surface area contributed by atoms with Gasteiger partial charge in [0.2, 0.25) is 0 Å². The molecule has 4 nitrogen and oxygen atoms in total. The fourth-order valence-electron chi connectivity index (χ4n) is 4.80. The highest BCUT2D eigenvalue weighted by atomic mass is 79.9. The van der Waals surface area contributed by atoms with E-state index < -0.39 is 14.4 Å². The first-order valence-corrected chi connectivity index (χ1v) is 14.8. The Labute approximate surface area is 203 Å². The lowest BCUT2D eigenvalue weighted by Gasteiger charge is -2.42. The molecule has 0 amide bonds. The molecule has 1 aromatic carbocycles. The summed E-state index contributed by atoms with van der Waals surface area (Å²) in [6.07, 6.45) is 4.13. The van der Waals surface area contributed by atoms with E-state index in [-0.39, 0.29) is 0 Å². The Morgan fingerprint density at radius 1 is 1.00 bits per heavy atom. The zero-order chi connectivity index (χ0) is 23.5. The van der Waals surface area contributed by atoms with Gasteiger partial charge in [0.25, 0.3) is 8.32 Å². The van der Waals surface area contributed by atoms with Crippen molar-refractivity contribution in [3.8, 4) is 11.5 Å². The second-order valence-electron chi connectivity index (χ2n) is 10.1. The topological polar surface area (TPSA) is 51.6 Å². The molecular weight excluding hydrogens is 482 g/mol. The van der Waals surface area contributed by atoms with Gasteiger partial charge in [0.05, 0.1) is 24.6 Å². The Kier molecular flexibility index (Phi) is 8.45. The largest absolute Gasteiger partial charge is 0.542 e. The number of nitrogens with zero attached hydrogens (tertiary/aromatic N) is 1. The first-order chi connectivity index (χ1) is 15.1. The molecule has 6 heteroatoms. The fraction of sp³-hybridized carbons (Fsp3) is 0.577. The van der Waals surface area contributed by atoms with Crippen molar-refractivity contribution in [2.75, 3.05) is 6.61 Å². The van der Waals surface area contributed by atoms with Crippen molar-refractivity contribution in [1.82, 2.24) is 4.98 Å². The first-order valence-electron chi connectivity index (χ1n) is 11.9. The lowest BCUT2D eigenvalue weighted by atomic mass is 10.1. The number of pyridine rings is 1. The Bertz CT molecular complexity index is 859. The van der Waals surface area contributed by atoms with Gasteiger partial charge in [0.15, 0.2) is 0 Å². The smallest absolute Gasteiger partial charge is 0.258 e. The minimum atomic E-state index is -2.02. The molecule has 0 spiro atoms. The second-order valence-corrected chi connectivity index (χ2v) is 16.3. The van der Waals surface area contributed by atoms with Crippen LogP contribution in [0.2, 0.25) is 16.6 Å². The van der Waals surface area contributed by atoms with Crippen LogP contribution in [0.15, 0.2) is 41.0 Å². The Hall–Kier alpha value is -1.37. The molecule has 0 aliphatic heterocycles. The Morgan fingerprint density at radius 3 is 2.12 bits per heavy atom. The average molecular weight is 521 g/mol. The third-order valence-electron chi connectivity index (χ3n) is 6.72. The summed E-state index contributed by atoms with van der Waals surface area (Å²) < 4.78 is 13.5. The van der Waals surface area contributed by atoms with Crippen molar-refractivity contribution in [3.63, 3.8) is 0 Å². The summed E-state index contributed by atoms with van der Waals surface area (Å²) in [6.45, 7) is 14.4. The molecule has 1 aliphatic carbocycles. The standard InChI is InChI=1S/C26H38BrNO3Si/c1-17(2)32(18(3)4,19(5)6)31-23-11-12-25(28-15-23)26(29)13-21-9-10-22(14-24(21)27)30-16-20-7-8-20/h9-12,14-15,17-20,26,29H,7-8,13,16H2,1-6H3. The molecule has 32 heavy (non-hydrogen) atoms. The van der Waals surface area contributed by atoms with Gasteiger partial charge in [-0.05, 0) is 65.2 Å². The Balaban J connectivity index is 1.66. The molecule has 0 bridgehead atoms. The van der Waals surface area contributed by atoms with Crippen LogP contribution in [0.25, 0.3) is 0 Å². The van der Waals surface area contributed by atoms with E-state index in [9.17, 15) is 5.11 Å². The zero-order valence-corrected chi connectivity index (χ0v) is 22.9. The van der Waals surface area contributed by atoms with Crippen molar-refractivity contribution in [2.24, 2.45) is 5.92 Å². The third kappa shape index (κ3) is 5.94. The number of ether oxygens (including phenoxy) is 1. The summed E-state index contributed by atoms with van der Waals surface area (Å²) in [6, 6.07) is 9.84. The van der Waals surface area contributed by atoms with E-state index in [1.807, 2.05) is 30.3 Å². The summed E-state index contributed by atoms with van der Waals surface area (Å²) in [7, 11) is -2.02. The first kappa shape index (κ1) is 25.3. The van der Waals surface area contributed by atoms with Gasteiger partial charge in [-0.25, -0.2) is 0 Å². The van der Waals surface area contributed by atoms with E-state index >= 15 is 0 Å². The SMILES string of the molecule is CC(C)[Si](Oc1ccc(C(O)Cc2ccc(OCC3CC3)cc2Br)nc1)(C(C)C)C(C)C. The van der Waals surface area contributed by atoms with Crippen molar-refractivity contribution < 1.29 is 14.3 Å². The van der Waals surface area contributed by atoms with Crippen molar-refractivity contribution in [2.45, 2.75) is 83.5 Å². The maximum atomic E-state index is 10.8. The lowest BCUT2D eigenvalue weighted by Crippen LogP contribution is -2.50. The predicted molar refractivity (Wildman–Crippen MR) is 137 cm³/mol. The molecule has 1 N–H and O–H groups in total. The maximum absolute atomic E-state index is 10.8. The van der Waals surface area contributed by atoms with Gasteiger partial charge in [-0.15, -0.1) is 0 Å². The minimum Gasteiger partial charge on any atom is -0.542 e. The molecule has 1 heterocycles. The summed E-state index contributed by atoms with van der Waals surface area (Å²) in [5, 5.41) is 10.8. The molecule has 1 aliphatic rings. The van der Waals surface area contributed by atoms with Crippen LogP contribution < -0.4 is 9.16 Å². The van der Waals surface area contributed by atoms with E-state index in [0.29, 0.717) is 28.7 Å². The normalized spacial score (nSPS) is 15.5. The third-order valence-corrected chi connectivity index (χ3v) is 13.5. The quantitative estimate of drug-likeness (QED) is 0.313. The number of halogens is 1. The molecule has 3 rings (SSSR count). The summed E-state index contributed by atoms with van der Waals surface area (Å²) >= 11 is 3.63. The molecule has 1 unspecified atom stereocenters. The highest BCUT2D eigenvalue weighted by Gasteiger charge is 2.47. The molecule has 1 saturated carbocycles. The van der Waals surface area contributed by atoms with Gasteiger partial charge < -0.3 is 14.3 Å². The van der Waals surface area contributed by atoms with Crippen LogP contribution in [0.3, 0.4) is 0 Å². The number of hydrogen-bond donors (Lipinski definition) is 1. The van der Waals surface area contributed by atoms with E-state index in [2.05, 4.69) is 62.5 Å². The molecule has 2 aromatic rings. The number of aromatic nitrogens is 1. The molecule has 176 valence electrons. The highest BCUT2D eigenvalue weighted by Crippen LogP contribution is 2.42. The average Bonchev–Trinajstić information content (AvgIpc) is 3.56.